The first kappa shape index (κ1) is 54.9. The lowest BCUT2D eigenvalue weighted by molar-refractivity contribution is -0.272. The summed E-state index contributed by atoms with van der Waals surface area (Å²) in [6.07, 6.45) is 28.5. The van der Waals surface area contributed by atoms with Gasteiger partial charge in [0.25, 0.3) is 0 Å². The Hall–Kier alpha value is -1.40. The number of hydrogen-bond acceptors (Lipinski definition) is 6. The van der Waals surface area contributed by atoms with Crippen molar-refractivity contribution in [1.29, 1.82) is 0 Å². The van der Waals surface area contributed by atoms with Gasteiger partial charge in [-0.25, -0.2) is 0 Å². The van der Waals surface area contributed by atoms with E-state index in [0.29, 0.717) is 62.3 Å². The minimum atomic E-state index is -0.431. The van der Waals surface area contributed by atoms with Gasteiger partial charge in [-0.1, -0.05) is 94.7 Å². The van der Waals surface area contributed by atoms with E-state index >= 15 is 0 Å². The van der Waals surface area contributed by atoms with E-state index in [2.05, 4.69) is 89.2 Å². The molecule has 414 valence electrons. The van der Waals surface area contributed by atoms with Gasteiger partial charge in [-0.05, 0) is 254 Å². The maximum absolute atomic E-state index is 12.8. The lowest BCUT2D eigenvalue weighted by Crippen LogP contribution is -2.68. The molecule has 0 aromatic rings. The number of carbonyl (C=O) groups is 2. The van der Waals surface area contributed by atoms with E-state index in [1.54, 1.807) is 5.57 Å². The molecule has 6 nitrogen and oxygen atoms in total. The third-order valence-electron chi connectivity index (χ3n) is 27.0. The smallest absolute Gasteiger partial charge is 0.311 e. The highest BCUT2D eigenvalue weighted by Crippen LogP contribution is 2.79. The normalized spacial score (nSPS) is 52.7. The van der Waals surface area contributed by atoms with Gasteiger partial charge >= 0.3 is 11.9 Å². The Kier molecular flexibility index (Phi) is 13.4. The molecule has 0 bridgehead atoms. The first-order chi connectivity index (χ1) is 33.7. The van der Waals surface area contributed by atoms with Crippen molar-refractivity contribution < 1.29 is 28.5 Å². The number of allylic oxidation sites excluding steroid dienone is 1. The maximum atomic E-state index is 12.8. The predicted molar refractivity (Wildman–Crippen MR) is 295 cm³/mol. The Morgan fingerprint density at radius 2 is 1.25 bits per heavy atom. The van der Waals surface area contributed by atoms with Crippen molar-refractivity contribution in [3.8, 4) is 0 Å². The number of ether oxygens (including phenoxy) is 4. The minimum Gasteiger partial charge on any atom is -0.462 e. The van der Waals surface area contributed by atoms with Crippen molar-refractivity contribution in [3.05, 3.63) is 11.6 Å². The lowest BCUT2D eigenvalue weighted by Gasteiger charge is -2.75. The van der Waals surface area contributed by atoms with E-state index in [9.17, 15) is 9.59 Å². The SMILES string of the molecule is C[C@@H]1CC[C@@]2(OC1)O[C@H]1C[C@H]3[C@@H]4CC=C5C[C@@H](OC(=O)C(C)(C)C)CC[C@]5(C)[C@H]4CC[C@]3(C)[C@H]1[C@@H]2C.C[C@H]1[C@@H](OC(=O)C(C)(C)C)CC[C@@H]2[C@]1(C)CC[C@H]1[C@@]2(C)CC[C@@]2(C)[C@@H]3CC(C)(C)CC[C@]3(C)CC[C@]12C. The summed E-state index contributed by atoms with van der Waals surface area (Å²) >= 11 is 0. The van der Waals surface area contributed by atoms with Gasteiger partial charge in [-0.3, -0.25) is 9.59 Å². The first-order valence-electron chi connectivity index (χ1n) is 31.1. The Bertz CT molecular complexity index is 2150. The topological polar surface area (TPSA) is 71.1 Å². The molecule has 0 N–H and O–H groups in total. The van der Waals surface area contributed by atoms with E-state index < -0.39 is 10.8 Å². The third kappa shape index (κ3) is 8.42. The highest BCUT2D eigenvalue weighted by molar-refractivity contribution is 5.76. The van der Waals surface area contributed by atoms with E-state index in [0.717, 1.165) is 74.2 Å². The standard InChI is InChI=1S/C35H60O2.C32H50O4/c1-23-24(37-28(36)29(2,3)4)12-13-25-32(23,8)15-14-26-33(25,9)19-21-35(11)27-22-30(5,6)16-17-31(27,7)18-20-34(26,35)10;1-19-10-15-32(34-18-19)20(2)27-26(36-32)17-25-23-9-8-21-16-22(35-28(33)29(3,4)5)11-13-30(21,6)24(23)12-14-31(25,27)7/h23-27H,12-22H2,1-11H3;8,19-20,22-27H,9-18H2,1-7H3/t23-,24-,25+,26-,27+,31+,32+,33-,34+,35-;19-,20+,22+,23-,24+,25+,26+,27+,30+,31+,32-/m01/s1. The summed E-state index contributed by atoms with van der Waals surface area (Å²) in [5, 5.41) is 0. The van der Waals surface area contributed by atoms with Crippen LogP contribution in [0, 0.1) is 113 Å². The summed E-state index contributed by atoms with van der Waals surface area (Å²) in [5.41, 5.74) is 3.98. The van der Waals surface area contributed by atoms with Crippen LogP contribution in [-0.2, 0) is 28.5 Å². The molecule has 2 aliphatic heterocycles. The second-order valence-corrected chi connectivity index (χ2v) is 33.4. The molecule has 0 radical (unpaired) electrons. The van der Waals surface area contributed by atoms with Crippen LogP contribution in [0.1, 0.15) is 253 Å². The van der Waals surface area contributed by atoms with E-state index in [-0.39, 0.29) is 40.8 Å². The van der Waals surface area contributed by atoms with Crippen LogP contribution in [0.3, 0.4) is 0 Å². The Balaban J connectivity index is 0.000000168. The Morgan fingerprint density at radius 1 is 0.603 bits per heavy atom. The zero-order valence-corrected chi connectivity index (χ0v) is 50.4. The second kappa shape index (κ2) is 17.8. The average Bonchev–Trinajstić information content (AvgIpc) is 3.75. The van der Waals surface area contributed by atoms with Crippen molar-refractivity contribution in [2.24, 2.45) is 113 Å². The molecular formula is C67H110O6. The van der Waals surface area contributed by atoms with Crippen LogP contribution >= 0.6 is 0 Å². The predicted octanol–water partition coefficient (Wildman–Crippen LogP) is 17.2. The molecule has 2 saturated heterocycles. The summed E-state index contributed by atoms with van der Waals surface area (Å²) in [6, 6.07) is 0. The maximum Gasteiger partial charge on any atom is 0.311 e. The van der Waals surface area contributed by atoms with Crippen LogP contribution in [-0.4, -0.2) is 42.6 Å². The molecule has 11 aliphatic rings. The number of rotatable bonds is 2. The molecule has 0 unspecified atom stereocenters. The minimum absolute atomic E-state index is 0.0205. The molecule has 6 heteroatoms. The van der Waals surface area contributed by atoms with Crippen LogP contribution in [0.15, 0.2) is 11.6 Å². The van der Waals surface area contributed by atoms with E-state index in [4.69, 9.17) is 18.9 Å². The average molecular weight is 1010 g/mol. The van der Waals surface area contributed by atoms with Gasteiger partial charge in [0.1, 0.15) is 12.2 Å². The summed E-state index contributed by atoms with van der Waals surface area (Å²) in [5.74, 6) is 6.51. The van der Waals surface area contributed by atoms with Gasteiger partial charge in [-0.15, -0.1) is 0 Å². The highest BCUT2D eigenvalue weighted by Gasteiger charge is 2.72. The molecule has 0 aromatic heterocycles. The first-order valence-corrected chi connectivity index (χ1v) is 31.1. The Morgan fingerprint density at radius 3 is 1.92 bits per heavy atom. The fourth-order valence-corrected chi connectivity index (χ4v) is 21.9. The van der Waals surface area contributed by atoms with Crippen molar-refractivity contribution in [1.82, 2.24) is 0 Å². The zero-order valence-electron chi connectivity index (χ0n) is 50.4. The summed E-state index contributed by atoms with van der Waals surface area (Å²) < 4.78 is 25.6. The second-order valence-electron chi connectivity index (χ2n) is 33.4. The molecule has 9 aliphatic carbocycles. The molecular weight excluding hydrogens is 901 g/mol. The van der Waals surface area contributed by atoms with Crippen LogP contribution < -0.4 is 0 Å². The lowest BCUT2D eigenvalue weighted by atomic mass is 9.30. The molecule has 1 spiro atoms. The van der Waals surface area contributed by atoms with Crippen molar-refractivity contribution in [2.75, 3.05) is 6.61 Å². The zero-order chi connectivity index (χ0) is 53.1. The van der Waals surface area contributed by atoms with E-state index in [1.807, 2.05) is 41.5 Å². The molecule has 2 heterocycles. The summed E-state index contributed by atoms with van der Waals surface area (Å²) in [7, 11) is 0. The van der Waals surface area contributed by atoms with Gasteiger partial charge in [0.05, 0.1) is 23.5 Å². The van der Waals surface area contributed by atoms with Gasteiger partial charge in [0.2, 0.25) is 0 Å². The summed E-state index contributed by atoms with van der Waals surface area (Å²) in [4.78, 5) is 25.4. The van der Waals surface area contributed by atoms with Crippen LogP contribution in [0.4, 0.5) is 0 Å². The number of esters is 2. The number of hydrogen-bond donors (Lipinski definition) is 0. The monoisotopic (exact) mass is 1010 g/mol. The molecule has 73 heavy (non-hydrogen) atoms. The molecule has 11 rings (SSSR count). The van der Waals surface area contributed by atoms with Gasteiger partial charge in [0, 0.05) is 18.8 Å². The number of carbonyl (C=O) groups excluding carboxylic acids is 2. The number of fused-ring (bicyclic) bond motifs is 14. The van der Waals surface area contributed by atoms with Crippen molar-refractivity contribution in [2.45, 2.75) is 277 Å². The fraction of sp³-hybridized carbons (Fsp3) is 0.940. The molecule has 21 atom stereocenters. The van der Waals surface area contributed by atoms with Crippen LogP contribution in [0.2, 0.25) is 0 Å². The Labute approximate surface area is 447 Å². The fourth-order valence-electron chi connectivity index (χ4n) is 21.9. The van der Waals surface area contributed by atoms with Gasteiger partial charge in [0.15, 0.2) is 5.79 Å². The third-order valence-corrected chi connectivity index (χ3v) is 27.0. The molecule has 0 aromatic carbocycles. The largest absolute Gasteiger partial charge is 0.462 e. The quantitative estimate of drug-likeness (QED) is 0.203. The van der Waals surface area contributed by atoms with Crippen molar-refractivity contribution in [3.63, 3.8) is 0 Å². The van der Waals surface area contributed by atoms with Crippen LogP contribution in [0.25, 0.3) is 0 Å². The summed E-state index contributed by atoms with van der Waals surface area (Å²) in [6.45, 7) is 43.6. The van der Waals surface area contributed by atoms with Crippen LogP contribution in [0.5, 0.6) is 0 Å². The van der Waals surface area contributed by atoms with Gasteiger partial charge < -0.3 is 18.9 Å². The van der Waals surface area contributed by atoms with Gasteiger partial charge in [-0.2, -0.15) is 0 Å². The molecule has 0 amide bonds. The molecule has 8 saturated carbocycles. The highest BCUT2D eigenvalue weighted by atomic mass is 16.7. The van der Waals surface area contributed by atoms with E-state index in [1.165, 1.54) is 96.3 Å². The van der Waals surface area contributed by atoms with Crippen molar-refractivity contribution >= 4 is 11.9 Å². The molecule has 10 fully saturated rings.